The Bertz CT molecular complexity index is 552. The molecule has 0 unspecified atom stereocenters. The summed E-state index contributed by atoms with van der Waals surface area (Å²) in [5.74, 6) is -0.171. The molecule has 0 bridgehead atoms. The topological polar surface area (TPSA) is 96.5 Å². The molecule has 0 spiro atoms. The van der Waals surface area contributed by atoms with Crippen molar-refractivity contribution in [2.45, 2.75) is 26.3 Å². The average Bonchev–Trinajstić information content (AvgIpc) is 2.75. The summed E-state index contributed by atoms with van der Waals surface area (Å²) in [6.07, 6.45) is 0.0630. The minimum Gasteiger partial charge on any atom is -0.481 e. The highest BCUT2D eigenvalue weighted by Crippen LogP contribution is 2.14. The maximum atomic E-state index is 10.6. The number of rotatable bonds is 5. The molecule has 18 heavy (non-hydrogen) atoms. The van der Waals surface area contributed by atoms with E-state index in [9.17, 15) is 4.79 Å². The Balaban J connectivity index is 2.25. The second kappa shape index (κ2) is 4.94. The lowest BCUT2D eigenvalue weighted by atomic mass is 10.3. The second-order valence-electron chi connectivity index (χ2n) is 4.15. The number of aromatic nitrogens is 5. The molecule has 0 aliphatic rings. The number of carboxylic acids is 1. The fourth-order valence-electron chi connectivity index (χ4n) is 1.65. The number of hydrogen-bond acceptors (Lipinski definition) is 6. The molecule has 2 heterocycles. The second-order valence-corrected chi connectivity index (χ2v) is 4.15. The van der Waals surface area contributed by atoms with Gasteiger partial charge in [-0.25, -0.2) is 0 Å². The monoisotopic (exact) mass is 250 g/mol. The summed E-state index contributed by atoms with van der Waals surface area (Å²) in [6.45, 7) is 4.36. The van der Waals surface area contributed by atoms with Crippen molar-refractivity contribution in [1.29, 1.82) is 0 Å². The molecule has 8 nitrogen and oxygen atoms in total. The van der Waals surface area contributed by atoms with Crippen LogP contribution in [0.5, 0.6) is 0 Å². The quantitative estimate of drug-likeness (QED) is 0.810. The Morgan fingerprint density at radius 2 is 2.28 bits per heavy atom. The molecule has 8 heteroatoms. The van der Waals surface area contributed by atoms with E-state index in [4.69, 9.17) is 5.11 Å². The number of carbonyl (C=O) groups is 1. The van der Waals surface area contributed by atoms with Gasteiger partial charge in [-0.2, -0.15) is 0 Å². The Kier molecular flexibility index (Phi) is 3.35. The number of nitrogens with zero attached hydrogens (tertiary/aromatic N) is 6. The van der Waals surface area contributed by atoms with Crippen LogP contribution in [0, 0.1) is 0 Å². The summed E-state index contributed by atoms with van der Waals surface area (Å²) in [5.41, 5.74) is 0.556. The molecule has 0 fully saturated rings. The smallest absolute Gasteiger partial charge is 0.305 e. The van der Waals surface area contributed by atoms with Gasteiger partial charge in [0.15, 0.2) is 11.5 Å². The maximum absolute atomic E-state index is 10.6. The van der Waals surface area contributed by atoms with Gasteiger partial charge >= 0.3 is 5.97 Å². The first-order valence-corrected chi connectivity index (χ1v) is 5.62. The third-order valence-corrected chi connectivity index (χ3v) is 2.54. The lowest BCUT2D eigenvalue weighted by molar-refractivity contribution is -0.136. The lowest BCUT2D eigenvalue weighted by Gasteiger charge is -2.26. The lowest BCUT2D eigenvalue weighted by Crippen LogP contribution is -2.34. The summed E-state index contributed by atoms with van der Waals surface area (Å²) in [5, 5.41) is 24.0. The molecule has 2 aromatic rings. The fourth-order valence-corrected chi connectivity index (χ4v) is 1.65. The van der Waals surface area contributed by atoms with Crippen LogP contribution in [-0.2, 0) is 4.79 Å². The van der Waals surface area contributed by atoms with Gasteiger partial charge in [-0.1, -0.05) is 0 Å². The van der Waals surface area contributed by atoms with Crippen molar-refractivity contribution in [2.24, 2.45) is 0 Å². The molecule has 0 amide bonds. The van der Waals surface area contributed by atoms with E-state index < -0.39 is 5.97 Å². The SMILES string of the molecule is CC(C)N(CCC(=O)O)c1ccc2nnnn2n1. The summed E-state index contributed by atoms with van der Waals surface area (Å²) in [7, 11) is 0. The van der Waals surface area contributed by atoms with Gasteiger partial charge in [0.05, 0.1) is 6.42 Å². The molecule has 0 saturated heterocycles. The Hall–Kier alpha value is -2.25. The Labute approximate surface area is 103 Å². The van der Waals surface area contributed by atoms with E-state index in [0.29, 0.717) is 18.0 Å². The van der Waals surface area contributed by atoms with Crippen molar-refractivity contribution < 1.29 is 9.90 Å². The van der Waals surface area contributed by atoms with Crippen LogP contribution in [0.4, 0.5) is 5.82 Å². The highest BCUT2D eigenvalue weighted by Gasteiger charge is 2.14. The van der Waals surface area contributed by atoms with Gasteiger partial charge in [-0.3, -0.25) is 4.79 Å². The van der Waals surface area contributed by atoms with Gasteiger partial charge in [0.25, 0.3) is 0 Å². The highest BCUT2D eigenvalue weighted by molar-refractivity contribution is 5.67. The van der Waals surface area contributed by atoms with Crippen molar-refractivity contribution in [2.75, 3.05) is 11.4 Å². The normalized spacial score (nSPS) is 11.1. The largest absolute Gasteiger partial charge is 0.481 e. The summed E-state index contributed by atoms with van der Waals surface area (Å²) >= 11 is 0. The predicted molar refractivity (Wildman–Crippen MR) is 63.3 cm³/mol. The van der Waals surface area contributed by atoms with E-state index >= 15 is 0 Å². The van der Waals surface area contributed by atoms with Crippen LogP contribution in [0.2, 0.25) is 0 Å². The van der Waals surface area contributed by atoms with Gasteiger partial charge in [-0.15, -0.1) is 14.8 Å². The van der Waals surface area contributed by atoms with Crippen molar-refractivity contribution in [3.05, 3.63) is 12.1 Å². The predicted octanol–water partition coefficient (Wildman–Crippen LogP) is 0.209. The van der Waals surface area contributed by atoms with E-state index in [-0.39, 0.29) is 12.5 Å². The maximum Gasteiger partial charge on any atom is 0.305 e. The zero-order valence-electron chi connectivity index (χ0n) is 10.2. The van der Waals surface area contributed by atoms with Crippen LogP contribution in [-0.4, -0.2) is 48.9 Å². The highest BCUT2D eigenvalue weighted by atomic mass is 16.4. The Morgan fingerprint density at radius 3 is 2.94 bits per heavy atom. The number of anilines is 1. The van der Waals surface area contributed by atoms with E-state index in [0.717, 1.165) is 0 Å². The number of hydrogen-bond donors (Lipinski definition) is 1. The van der Waals surface area contributed by atoms with Crippen LogP contribution >= 0.6 is 0 Å². The molecule has 2 rings (SSSR count). The number of fused-ring (bicyclic) bond motifs is 1. The van der Waals surface area contributed by atoms with Gasteiger partial charge in [0.1, 0.15) is 0 Å². The van der Waals surface area contributed by atoms with E-state index in [1.54, 1.807) is 12.1 Å². The minimum absolute atomic E-state index is 0.0630. The van der Waals surface area contributed by atoms with Gasteiger partial charge in [0.2, 0.25) is 0 Å². The van der Waals surface area contributed by atoms with Gasteiger partial charge < -0.3 is 10.0 Å². The molecule has 0 saturated carbocycles. The van der Waals surface area contributed by atoms with Crippen molar-refractivity contribution in [3.8, 4) is 0 Å². The van der Waals surface area contributed by atoms with Crippen LogP contribution < -0.4 is 4.90 Å². The first-order chi connectivity index (χ1) is 8.58. The van der Waals surface area contributed by atoms with E-state index in [2.05, 4.69) is 20.6 Å². The zero-order valence-corrected chi connectivity index (χ0v) is 10.2. The van der Waals surface area contributed by atoms with Crippen molar-refractivity contribution in [3.63, 3.8) is 0 Å². The minimum atomic E-state index is -0.829. The third kappa shape index (κ3) is 2.53. The number of aliphatic carboxylic acids is 1. The molecule has 0 aliphatic carbocycles. The molecule has 0 aliphatic heterocycles. The molecular weight excluding hydrogens is 236 g/mol. The van der Waals surface area contributed by atoms with Gasteiger partial charge in [-0.05, 0) is 36.4 Å². The first-order valence-electron chi connectivity index (χ1n) is 5.62. The molecule has 0 radical (unpaired) electrons. The Morgan fingerprint density at radius 1 is 1.50 bits per heavy atom. The van der Waals surface area contributed by atoms with E-state index in [1.165, 1.54) is 4.63 Å². The van der Waals surface area contributed by atoms with Crippen molar-refractivity contribution >= 4 is 17.4 Å². The molecule has 0 aromatic carbocycles. The van der Waals surface area contributed by atoms with Crippen LogP contribution in [0.1, 0.15) is 20.3 Å². The summed E-state index contributed by atoms with van der Waals surface area (Å²) in [6, 6.07) is 3.68. The third-order valence-electron chi connectivity index (χ3n) is 2.54. The number of tetrazole rings is 1. The van der Waals surface area contributed by atoms with Crippen molar-refractivity contribution in [1.82, 2.24) is 25.3 Å². The first kappa shape index (κ1) is 12.2. The molecule has 0 atom stereocenters. The standard InChI is InChI=1S/C10H14N6O2/c1-7(2)15(6-5-10(17)18)9-4-3-8-11-13-14-16(8)12-9/h3-4,7H,5-6H2,1-2H3,(H,17,18). The van der Waals surface area contributed by atoms with E-state index in [1.807, 2.05) is 18.7 Å². The van der Waals surface area contributed by atoms with Crippen LogP contribution in [0.3, 0.4) is 0 Å². The molecular formula is C10H14N6O2. The summed E-state index contributed by atoms with van der Waals surface area (Å²) in [4.78, 5) is 12.5. The summed E-state index contributed by atoms with van der Waals surface area (Å²) < 4.78 is 1.32. The average molecular weight is 250 g/mol. The number of carboxylic acid groups (broad SMARTS) is 1. The fraction of sp³-hybridized carbons (Fsp3) is 0.500. The molecule has 96 valence electrons. The van der Waals surface area contributed by atoms with Crippen LogP contribution in [0.15, 0.2) is 12.1 Å². The molecule has 1 N–H and O–H groups in total. The molecule has 2 aromatic heterocycles. The zero-order chi connectivity index (χ0) is 13.1. The van der Waals surface area contributed by atoms with Gasteiger partial charge in [0, 0.05) is 12.6 Å². The van der Waals surface area contributed by atoms with Crippen LogP contribution in [0.25, 0.3) is 5.65 Å².